The highest BCUT2D eigenvalue weighted by atomic mass is 28.4. The van der Waals surface area contributed by atoms with Crippen LogP contribution in [0, 0.1) is 0 Å². The summed E-state index contributed by atoms with van der Waals surface area (Å²) in [5.74, 6) is 1.39. The Balaban J connectivity index is 1.23. The molecule has 1 aliphatic carbocycles. The second-order valence-corrected chi connectivity index (χ2v) is 17.5. The zero-order valence-corrected chi connectivity index (χ0v) is 26.6. The van der Waals surface area contributed by atoms with E-state index >= 15 is 0 Å². The van der Waals surface area contributed by atoms with Gasteiger partial charge in [0.15, 0.2) is 8.32 Å². The number of hydrogen-bond donors (Lipinski definition) is 1. The maximum atomic E-state index is 14.0. The van der Waals surface area contributed by atoms with E-state index in [1.54, 1.807) is 12.4 Å². The molecule has 1 aromatic carbocycles. The van der Waals surface area contributed by atoms with Crippen LogP contribution in [0.2, 0.25) is 18.1 Å². The molecule has 4 heterocycles. The fourth-order valence-electron chi connectivity index (χ4n) is 5.55. The molecule has 1 fully saturated rings. The fourth-order valence-corrected chi connectivity index (χ4v) is 6.34. The second-order valence-electron chi connectivity index (χ2n) is 13.0. The van der Waals surface area contributed by atoms with Crippen LogP contribution in [0.5, 0.6) is 5.75 Å². The first-order chi connectivity index (χ1) is 20.6. The Bertz CT molecular complexity index is 1570. The Kier molecular flexibility index (Phi) is 7.96. The van der Waals surface area contributed by atoms with Crippen LogP contribution in [0.4, 0.5) is 0 Å². The van der Waals surface area contributed by atoms with Gasteiger partial charge in [-0.25, -0.2) is 0 Å². The molecule has 4 aromatic rings. The molecule has 6 rings (SSSR count). The van der Waals surface area contributed by atoms with Crippen LogP contribution in [0.3, 0.4) is 0 Å². The topological polar surface area (TPSA) is 93.4 Å². The number of fused-ring (bicyclic) bond motifs is 1. The number of benzene rings is 1. The Morgan fingerprint density at radius 3 is 2.40 bits per heavy atom. The molecule has 224 valence electrons. The molecule has 0 bridgehead atoms. The van der Waals surface area contributed by atoms with Gasteiger partial charge in [0.1, 0.15) is 23.7 Å². The minimum absolute atomic E-state index is 0.00478. The molecule has 8 nitrogen and oxygen atoms in total. The van der Waals surface area contributed by atoms with Crippen molar-refractivity contribution in [2.45, 2.75) is 76.7 Å². The first-order valence-electron chi connectivity index (χ1n) is 15.3. The predicted molar refractivity (Wildman–Crippen MR) is 170 cm³/mol. The number of hydrogen-bond acceptors (Lipinski definition) is 6. The molecule has 0 saturated heterocycles. The number of amides is 1. The van der Waals surface area contributed by atoms with Crippen molar-refractivity contribution in [1.29, 1.82) is 0 Å². The summed E-state index contributed by atoms with van der Waals surface area (Å²) in [5, 5.41) is 4.81. The number of carbonyl (C=O) groups is 1. The molecule has 2 aliphatic rings. The van der Waals surface area contributed by atoms with Crippen LogP contribution >= 0.6 is 0 Å². The van der Waals surface area contributed by atoms with Gasteiger partial charge in [-0.1, -0.05) is 32.0 Å². The molecule has 0 spiro atoms. The lowest BCUT2D eigenvalue weighted by Crippen LogP contribution is -2.42. The summed E-state index contributed by atoms with van der Waals surface area (Å²) in [6.07, 6.45) is 9.62. The van der Waals surface area contributed by atoms with Gasteiger partial charge < -0.3 is 14.4 Å². The number of aromatic nitrogens is 4. The zero-order valence-electron chi connectivity index (χ0n) is 25.6. The minimum atomic E-state index is -2.30. The maximum absolute atomic E-state index is 14.0. The summed E-state index contributed by atoms with van der Waals surface area (Å²) in [5.41, 5.74) is 6.28. The Morgan fingerprint density at radius 2 is 1.74 bits per heavy atom. The average molecular weight is 596 g/mol. The van der Waals surface area contributed by atoms with Gasteiger partial charge in [0, 0.05) is 60.0 Å². The largest absolute Gasteiger partial charge is 0.489 e. The maximum Gasteiger partial charge on any atom is 0.272 e. The van der Waals surface area contributed by atoms with E-state index in [1.807, 2.05) is 65.3 Å². The van der Waals surface area contributed by atoms with Gasteiger partial charge in [-0.15, -0.1) is 0 Å². The third-order valence-electron chi connectivity index (χ3n) is 9.26. The molecule has 3 aromatic heterocycles. The van der Waals surface area contributed by atoms with Crippen LogP contribution < -0.4 is 4.74 Å². The number of carbonyl (C=O) groups excluding carboxylic acids is 1. The molecule has 1 saturated carbocycles. The van der Waals surface area contributed by atoms with Crippen LogP contribution in [0.15, 0.2) is 67.1 Å². The number of pyridine rings is 2. The monoisotopic (exact) mass is 595 g/mol. The van der Waals surface area contributed by atoms with Gasteiger partial charge in [-0.05, 0) is 79.7 Å². The van der Waals surface area contributed by atoms with E-state index in [0.29, 0.717) is 37.9 Å². The quantitative estimate of drug-likeness (QED) is 0.195. The third-order valence-corrected chi connectivity index (χ3v) is 12.8. The van der Waals surface area contributed by atoms with Crippen molar-refractivity contribution in [1.82, 2.24) is 24.6 Å². The smallest absolute Gasteiger partial charge is 0.272 e. The lowest BCUT2D eigenvalue weighted by molar-refractivity contribution is 0.0694. The van der Waals surface area contributed by atoms with Crippen LogP contribution in [-0.4, -0.2) is 56.8 Å². The molecule has 0 atom stereocenters. The van der Waals surface area contributed by atoms with Crippen LogP contribution in [-0.2, 0) is 13.2 Å². The summed E-state index contributed by atoms with van der Waals surface area (Å²) >= 11 is 0. The molecular formula is C34H41N5O3Si. The second kappa shape index (κ2) is 11.7. The van der Waals surface area contributed by atoms with Gasteiger partial charge in [0.05, 0.1) is 6.54 Å². The normalized spacial score (nSPS) is 15.5. The summed E-state index contributed by atoms with van der Waals surface area (Å²) in [6, 6.07) is 16.0. The number of rotatable bonds is 11. The van der Waals surface area contributed by atoms with Gasteiger partial charge in [-0.3, -0.25) is 19.4 Å². The summed E-state index contributed by atoms with van der Waals surface area (Å²) in [4.78, 5) is 35.4. The SMILES string of the molecule is CC(C)(CCCN1CCn2nc(-c3ccncc3)c(-c3ccc(OCc4ccc(C5CC5)nc4)cc3)c2C1=O)[Si](C)(C)O. The van der Waals surface area contributed by atoms with Crippen molar-refractivity contribution in [3.8, 4) is 28.1 Å². The van der Waals surface area contributed by atoms with Crippen molar-refractivity contribution in [2.75, 3.05) is 13.1 Å². The van der Waals surface area contributed by atoms with Crippen molar-refractivity contribution in [2.24, 2.45) is 0 Å². The van der Waals surface area contributed by atoms with Gasteiger partial charge in [0.2, 0.25) is 0 Å². The zero-order chi connectivity index (χ0) is 30.2. The Morgan fingerprint density at radius 1 is 1.00 bits per heavy atom. The van der Waals surface area contributed by atoms with Crippen molar-refractivity contribution in [3.05, 3.63) is 84.1 Å². The highest BCUT2D eigenvalue weighted by Gasteiger charge is 2.38. The summed E-state index contributed by atoms with van der Waals surface area (Å²) in [6.45, 7) is 10.6. The minimum Gasteiger partial charge on any atom is -0.489 e. The number of nitrogens with zero attached hydrogens (tertiary/aromatic N) is 5. The lowest BCUT2D eigenvalue weighted by Gasteiger charge is -2.36. The van der Waals surface area contributed by atoms with E-state index in [9.17, 15) is 9.59 Å². The molecule has 1 N–H and O–H groups in total. The van der Waals surface area contributed by atoms with E-state index in [2.05, 4.69) is 35.9 Å². The van der Waals surface area contributed by atoms with E-state index in [4.69, 9.17) is 9.84 Å². The third kappa shape index (κ3) is 6.28. The Hall–Kier alpha value is -3.82. The van der Waals surface area contributed by atoms with Gasteiger partial charge >= 0.3 is 0 Å². The molecule has 0 radical (unpaired) electrons. The van der Waals surface area contributed by atoms with E-state index in [0.717, 1.165) is 46.5 Å². The summed E-state index contributed by atoms with van der Waals surface area (Å²) in [7, 11) is -2.30. The van der Waals surface area contributed by atoms with E-state index in [-0.39, 0.29) is 10.9 Å². The lowest BCUT2D eigenvalue weighted by atomic mass is 9.98. The number of ether oxygens (including phenoxy) is 1. The van der Waals surface area contributed by atoms with Crippen molar-refractivity contribution >= 4 is 14.2 Å². The van der Waals surface area contributed by atoms with Crippen molar-refractivity contribution in [3.63, 3.8) is 0 Å². The highest BCUT2D eigenvalue weighted by Crippen LogP contribution is 2.41. The van der Waals surface area contributed by atoms with Gasteiger partial charge in [0.25, 0.3) is 5.91 Å². The summed E-state index contributed by atoms with van der Waals surface area (Å²) < 4.78 is 7.94. The first kappa shape index (κ1) is 29.3. The predicted octanol–water partition coefficient (Wildman–Crippen LogP) is 6.68. The first-order valence-corrected chi connectivity index (χ1v) is 18.3. The van der Waals surface area contributed by atoms with E-state index in [1.165, 1.54) is 18.5 Å². The average Bonchev–Trinajstić information content (AvgIpc) is 3.77. The molecule has 1 amide bonds. The standard InChI is InChI=1S/C34H41N5O3Si/c1-34(2,43(3,4)41)16-5-19-38-20-21-39-32(33(38)40)30(31(37-39)27-14-17-35-18-15-27)26-9-11-28(12-10-26)42-23-24-6-13-29(36-22-24)25-7-8-25/h6,9-15,17-18,22,25,41H,5,7-8,16,19-21,23H2,1-4H3. The van der Waals surface area contributed by atoms with Gasteiger partial charge in [-0.2, -0.15) is 5.10 Å². The van der Waals surface area contributed by atoms with Crippen molar-refractivity contribution < 1.29 is 14.3 Å². The molecule has 9 heteroatoms. The molecule has 0 unspecified atom stereocenters. The fraction of sp³-hybridized carbons (Fsp3) is 0.412. The molecule has 1 aliphatic heterocycles. The highest BCUT2D eigenvalue weighted by molar-refractivity contribution is 6.72. The molecule has 43 heavy (non-hydrogen) atoms. The molecular weight excluding hydrogens is 554 g/mol. The Labute approximate surface area is 254 Å². The van der Waals surface area contributed by atoms with Crippen LogP contribution in [0.25, 0.3) is 22.4 Å². The van der Waals surface area contributed by atoms with Crippen LogP contribution in [0.1, 0.15) is 67.2 Å². The van der Waals surface area contributed by atoms with E-state index < -0.39 is 8.32 Å².